The molecule has 1 aliphatic carbocycles. The normalized spacial score (nSPS) is 18.8. The summed E-state index contributed by atoms with van der Waals surface area (Å²) in [5.41, 5.74) is 8.11. The lowest BCUT2D eigenvalue weighted by molar-refractivity contribution is 0.348. The Balaban J connectivity index is 2.13. The van der Waals surface area contributed by atoms with E-state index in [1.54, 1.807) is 0 Å². The first kappa shape index (κ1) is 14.5. The smallest absolute Gasteiger partial charge is 0.130 e. The number of imidazole rings is 1. The summed E-state index contributed by atoms with van der Waals surface area (Å²) >= 11 is 0. The first-order chi connectivity index (χ1) is 10.1. The second kappa shape index (κ2) is 5.76. The average molecular weight is 289 g/mol. The van der Waals surface area contributed by atoms with Crippen LogP contribution < -0.4 is 5.73 Å². The van der Waals surface area contributed by atoms with Crippen LogP contribution in [0.4, 0.5) is 4.39 Å². The number of nitrogens with zero attached hydrogens (tertiary/aromatic N) is 2. The van der Waals surface area contributed by atoms with Crippen molar-refractivity contribution in [3.63, 3.8) is 0 Å². The lowest BCUT2D eigenvalue weighted by Gasteiger charge is -2.28. The first-order valence-electron chi connectivity index (χ1n) is 8.09. The zero-order valence-corrected chi connectivity index (χ0v) is 12.7. The molecule has 1 aliphatic rings. The molecule has 0 spiro atoms. The number of rotatable bonds is 3. The molecule has 21 heavy (non-hydrogen) atoms. The van der Waals surface area contributed by atoms with Crippen LogP contribution in [0.1, 0.15) is 57.7 Å². The van der Waals surface area contributed by atoms with E-state index in [9.17, 15) is 4.39 Å². The third kappa shape index (κ3) is 2.69. The molecule has 0 saturated heterocycles. The van der Waals surface area contributed by atoms with Gasteiger partial charge in [0.1, 0.15) is 11.6 Å². The van der Waals surface area contributed by atoms with Gasteiger partial charge in [0.2, 0.25) is 0 Å². The van der Waals surface area contributed by atoms with Crippen molar-refractivity contribution in [1.82, 2.24) is 9.55 Å². The van der Waals surface area contributed by atoms with E-state index in [2.05, 4.69) is 11.5 Å². The summed E-state index contributed by atoms with van der Waals surface area (Å²) in [5, 5.41) is 0. The standard InChI is InChI=1S/C17H24FN3/c1-2-11-21-15-8-7-13(18)12-14(15)20-16(21)17(19)9-5-3-4-6-10-17/h7-8,12H,2-6,9-11,19H2,1H3. The van der Waals surface area contributed by atoms with Gasteiger partial charge in [0.25, 0.3) is 0 Å². The molecular formula is C17H24FN3. The maximum absolute atomic E-state index is 13.5. The Morgan fingerprint density at radius 2 is 1.95 bits per heavy atom. The summed E-state index contributed by atoms with van der Waals surface area (Å²) in [4.78, 5) is 4.73. The van der Waals surface area contributed by atoms with Crippen molar-refractivity contribution in [2.24, 2.45) is 5.73 Å². The SMILES string of the molecule is CCCn1c(C2(N)CCCCCC2)nc2cc(F)ccc21. The lowest BCUT2D eigenvalue weighted by atomic mass is 9.90. The quantitative estimate of drug-likeness (QED) is 0.865. The van der Waals surface area contributed by atoms with E-state index in [4.69, 9.17) is 10.7 Å². The minimum Gasteiger partial charge on any atom is -0.326 e. The van der Waals surface area contributed by atoms with E-state index in [1.165, 1.54) is 25.0 Å². The van der Waals surface area contributed by atoms with E-state index in [0.29, 0.717) is 0 Å². The molecule has 1 aromatic carbocycles. The van der Waals surface area contributed by atoms with Crippen molar-refractivity contribution < 1.29 is 4.39 Å². The van der Waals surface area contributed by atoms with Crippen molar-refractivity contribution in [3.05, 3.63) is 29.8 Å². The van der Waals surface area contributed by atoms with Crippen LogP contribution in [0, 0.1) is 5.82 Å². The highest BCUT2D eigenvalue weighted by atomic mass is 19.1. The van der Waals surface area contributed by atoms with Crippen LogP contribution >= 0.6 is 0 Å². The maximum atomic E-state index is 13.5. The largest absolute Gasteiger partial charge is 0.326 e. The summed E-state index contributed by atoms with van der Waals surface area (Å²) in [6.07, 6.45) is 7.78. The molecule has 3 rings (SSSR count). The molecule has 1 aromatic heterocycles. The van der Waals surface area contributed by atoms with Crippen LogP contribution in [0.5, 0.6) is 0 Å². The second-order valence-corrected chi connectivity index (χ2v) is 6.29. The topological polar surface area (TPSA) is 43.8 Å². The number of aryl methyl sites for hydroxylation is 1. The van der Waals surface area contributed by atoms with Crippen molar-refractivity contribution in [2.45, 2.75) is 64.0 Å². The molecule has 0 amide bonds. The molecule has 2 N–H and O–H groups in total. The fraction of sp³-hybridized carbons (Fsp3) is 0.588. The van der Waals surface area contributed by atoms with Crippen LogP contribution in [-0.4, -0.2) is 9.55 Å². The highest BCUT2D eigenvalue weighted by molar-refractivity contribution is 5.76. The molecule has 1 fully saturated rings. The van der Waals surface area contributed by atoms with Crippen molar-refractivity contribution >= 4 is 11.0 Å². The molecule has 0 bridgehead atoms. The van der Waals surface area contributed by atoms with Gasteiger partial charge in [-0.25, -0.2) is 9.37 Å². The molecule has 0 unspecified atom stereocenters. The van der Waals surface area contributed by atoms with E-state index >= 15 is 0 Å². The van der Waals surface area contributed by atoms with Crippen LogP contribution in [-0.2, 0) is 12.1 Å². The molecule has 1 heterocycles. The summed E-state index contributed by atoms with van der Waals surface area (Å²) in [7, 11) is 0. The van der Waals surface area contributed by atoms with Gasteiger partial charge in [-0.1, -0.05) is 32.6 Å². The van der Waals surface area contributed by atoms with Crippen LogP contribution in [0.2, 0.25) is 0 Å². The highest BCUT2D eigenvalue weighted by Gasteiger charge is 2.33. The highest BCUT2D eigenvalue weighted by Crippen LogP contribution is 2.35. The molecule has 114 valence electrons. The maximum Gasteiger partial charge on any atom is 0.130 e. The van der Waals surface area contributed by atoms with E-state index < -0.39 is 0 Å². The van der Waals surface area contributed by atoms with Crippen LogP contribution in [0.25, 0.3) is 11.0 Å². The van der Waals surface area contributed by atoms with E-state index in [1.807, 2.05) is 6.07 Å². The Morgan fingerprint density at radius 1 is 1.24 bits per heavy atom. The monoisotopic (exact) mass is 289 g/mol. The van der Waals surface area contributed by atoms with Gasteiger partial charge in [0.05, 0.1) is 16.6 Å². The van der Waals surface area contributed by atoms with Gasteiger partial charge in [-0.05, 0) is 31.4 Å². The number of benzene rings is 1. The fourth-order valence-electron chi connectivity index (χ4n) is 3.52. The summed E-state index contributed by atoms with van der Waals surface area (Å²) in [6, 6.07) is 4.86. The number of aromatic nitrogens is 2. The Bertz CT molecular complexity index is 624. The number of halogens is 1. The third-order valence-corrected chi connectivity index (χ3v) is 4.60. The number of fused-ring (bicyclic) bond motifs is 1. The summed E-state index contributed by atoms with van der Waals surface area (Å²) < 4.78 is 15.7. The van der Waals surface area contributed by atoms with Crippen LogP contribution in [0.3, 0.4) is 0 Å². The minimum absolute atomic E-state index is 0.234. The van der Waals surface area contributed by atoms with E-state index in [-0.39, 0.29) is 11.4 Å². The Hall–Kier alpha value is -1.42. The van der Waals surface area contributed by atoms with Crippen LogP contribution in [0.15, 0.2) is 18.2 Å². The average Bonchev–Trinajstić information content (AvgIpc) is 2.66. The van der Waals surface area contributed by atoms with Gasteiger partial charge in [-0.2, -0.15) is 0 Å². The summed E-state index contributed by atoms with van der Waals surface area (Å²) in [5.74, 6) is 0.717. The van der Waals surface area contributed by atoms with Gasteiger partial charge in [-0.3, -0.25) is 0 Å². The van der Waals surface area contributed by atoms with Crippen molar-refractivity contribution in [2.75, 3.05) is 0 Å². The van der Waals surface area contributed by atoms with Gasteiger partial charge < -0.3 is 10.3 Å². The Morgan fingerprint density at radius 3 is 2.62 bits per heavy atom. The number of hydrogen-bond acceptors (Lipinski definition) is 2. The van der Waals surface area contributed by atoms with Gasteiger partial charge in [0.15, 0.2) is 0 Å². The molecule has 4 heteroatoms. The molecule has 2 aromatic rings. The predicted octanol–water partition coefficient (Wildman–Crippen LogP) is 4.09. The number of nitrogens with two attached hydrogens (primary N) is 1. The summed E-state index contributed by atoms with van der Waals surface area (Å²) in [6.45, 7) is 3.03. The molecule has 0 atom stereocenters. The number of hydrogen-bond donors (Lipinski definition) is 1. The van der Waals surface area contributed by atoms with E-state index in [0.717, 1.165) is 55.5 Å². The molecular weight excluding hydrogens is 265 g/mol. The predicted molar refractivity (Wildman–Crippen MR) is 83.5 cm³/mol. The third-order valence-electron chi connectivity index (χ3n) is 4.60. The Kier molecular flexibility index (Phi) is 3.98. The zero-order chi connectivity index (χ0) is 14.9. The lowest BCUT2D eigenvalue weighted by Crippen LogP contribution is -2.39. The fourth-order valence-corrected chi connectivity index (χ4v) is 3.52. The first-order valence-corrected chi connectivity index (χ1v) is 8.09. The Labute approximate surface area is 125 Å². The molecule has 1 saturated carbocycles. The molecule has 3 nitrogen and oxygen atoms in total. The van der Waals surface area contributed by atoms with Gasteiger partial charge >= 0.3 is 0 Å². The second-order valence-electron chi connectivity index (χ2n) is 6.29. The molecule has 0 aliphatic heterocycles. The van der Waals surface area contributed by atoms with Gasteiger partial charge in [-0.15, -0.1) is 0 Å². The molecule has 0 radical (unpaired) electrons. The zero-order valence-electron chi connectivity index (χ0n) is 12.7. The minimum atomic E-state index is -0.360. The van der Waals surface area contributed by atoms with Gasteiger partial charge in [0, 0.05) is 12.6 Å². The van der Waals surface area contributed by atoms with Crippen molar-refractivity contribution in [3.8, 4) is 0 Å². The van der Waals surface area contributed by atoms with Crippen molar-refractivity contribution in [1.29, 1.82) is 0 Å².